The molecule has 49 heavy (non-hydrogen) atoms. The molecule has 1 saturated carbocycles. The van der Waals surface area contributed by atoms with E-state index in [2.05, 4.69) is 67.5 Å². The second kappa shape index (κ2) is 17.1. The summed E-state index contributed by atoms with van der Waals surface area (Å²) in [6.07, 6.45) is 7.88. The van der Waals surface area contributed by atoms with Gasteiger partial charge in [-0.25, -0.2) is 0 Å². The van der Waals surface area contributed by atoms with Crippen molar-refractivity contribution in [1.29, 1.82) is 0 Å². The Kier molecular flexibility index (Phi) is 13.7. The Morgan fingerprint density at radius 1 is 0.653 bits per heavy atom. The van der Waals surface area contributed by atoms with Crippen LogP contribution in [0, 0.1) is 13.8 Å². The van der Waals surface area contributed by atoms with Crippen LogP contribution in [0.4, 0.5) is 0 Å². The molecule has 0 heterocycles. The van der Waals surface area contributed by atoms with Gasteiger partial charge in [0.15, 0.2) is 0 Å². The van der Waals surface area contributed by atoms with Gasteiger partial charge in [0, 0.05) is 52.0 Å². The Bertz CT molecular complexity index is 1630. The summed E-state index contributed by atoms with van der Waals surface area (Å²) in [7, 11) is 0. The van der Waals surface area contributed by atoms with Crippen molar-refractivity contribution >= 4 is 12.4 Å². The number of aryl methyl sites for hydroxylation is 2. The summed E-state index contributed by atoms with van der Waals surface area (Å²) in [4.78, 5) is 9.82. The average Bonchev–Trinajstić information content (AvgIpc) is 3.03. The Balaban J connectivity index is 0.000000361. The van der Waals surface area contributed by atoms with Gasteiger partial charge in [-0.2, -0.15) is 0 Å². The zero-order chi connectivity index (χ0) is 35.1. The molecule has 1 fully saturated rings. The smallest absolute Gasteiger partial charge is 0.128 e. The molecule has 0 aromatic heterocycles. The number of hydrogen-bond acceptors (Lipinski definition) is 6. The maximum absolute atomic E-state index is 10.9. The van der Waals surface area contributed by atoms with E-state index in [1.54, 1.807) is 12.1 Å². The number of aliphatic imine (C=N–C) groups is 2. The van der Waals surface area contributed by atoms with Crippen LogP contribution in [-0.2, 0) is 28.2 Å². The van der Waals surface area contributed by atoms with Gasteiger partial charge < -0.3 is 20.1 Å². The minimum absolute atomic E-state index is 0. The van der Waals surface area contributed by atoms with E-state index >= 15 is 0 Å². The summed E-state index contributed by atoms with van der Waals surface area (Å²) < 4.78 is 5.49. The Morgan fingerprint density at radius 2 is 1.06 bits per heavy atom. The van der Waals surface area contributed by atoms with Crippen molar-refractivity contribution in [2.75, 3.05) is 0 Å². The number of phenols is 2. The van der Waals surface area contributed by atoms with Gasteiger partial charge >= 0.3 is 0 Å². The zero-order valence-electron chi connectivity index (χ0n) is 30.2. The first-order chi connectivity index (χ1) is 22.6. The second-order valence-corrected chi connectivity index (χ2v) is 14.9. The minimum Gasteiger partial charge on any atom is -0.872 e. The summed E-state index contributed by atoms with van der Waals surface area (Å²) in [6.45, 7) is 16.8. The number of benzene rings is 4. The molecule has 2 N–H and O–H groups in total. The normalized spacial score (nSPS) is 16.6. The maximum Gasteiger partial charge on any atom is 0.128 e. The van der Waals surface area contributed by atoms with Gasteiger partial charge in [-0.3, -0.25) is 9.98 Å². The van der Waals surface area contributed by atoms with E-state index in [4.69, 9.17) is 14.7 Å². The summed E-state index contributed by atoms with van der Waals surface area (Å²) in [6, 6.07) is 24.0. The molecule has 4 aromatic carbocycles. The predicted octanol–water partition coefficient (Wildman–Crippen LogP) is 9.71. The number of rotatable bonds is 6. The van der Waals surface area contributed by atoms with E-state index in [0.29, 0.717) is 17.2 Å². The average molecular weight is 700 g/mol. The van der Waals surface area contributed by atoms with Crippen LogP contribution < -0.4 is 9.84 Å². The van der Waals surface area contributed by atoms with Gasteiger partial charge in [-0.1, -0.05) is 96.8 Å². The van der Waals surface area contributed by atoms with Crippen LogP contribution in [0.1, 0.15) is 101 Å². The molecule has 0 saturated heterocycles. The van der Waals surface area contributed by atoms with Crippen molar-refractivity contribution in [2.45, 2.75) is 104 Å². The Labute approximate surface area is 303 Å². The molecule has 7 heteroatoms. The van der Waals surface area contributed by atoms with Gasteiger partial charge in [0.05, 0.1) is 12.1 Å². The van der Waals surface area contributed by atoms with Crippen LogP contribution in [0.2, 0.25) is 0 Å². The van der Waals surface area contributed by atoms with Crippen LogP contribution in [0.3, 0.4) is 0 Å². The molecule has 2 atom stereocenters. The predicted molar refractivity (Wildman–Crippen MR) is 197 cm³/mol. The number of ether oxygens (including phenoxy) is 1. The molecule has 0 amide bonds. The first-order valence-corrected chi connectivity index (χ1v) is 16.9. The van der Waals surface area contributed by atoms with Crippen LogP contribution in [-0.4, -0.2) is 34.7 Å². The standard InChI is InChI=1S/C30H42N2O2.C12H10O2.Cr/c1-19-13-21(27(33)23(15-19)29(3,4)5)17-31-25-11-9-10-12-26(25)32-18-22-14-20(2)16-24(28(22)34)30(6,7)8;13-10-6-8-12(9-7-10)14-11-4-2-1-3-5-11;/h13-18,25-26,33-34H,9-12H2,1-8H3;1-9,13H;/p-1. The zero-order valence-corrected chi connectivity index (χ0v) is 31.4. The molecule has 260 valence electrons. The molecule has 6 nitrogen and oxygen atoms in total. The third-order valence-electron chi connectivity index (χ3n) is 8.49. The Morgan fingerprint density at radius 3 is 1.47 bits per heavy atom. The third kappa shape index (κ3) is 11.2. The first kappa shape index (κ1) is 39.4. The molecular weight excluding hydrogens is 648 g/mol. The van der Waals surface area contributed by atoms with Crippen molar-refractivity contribution < 1.29 is 37.4 Å². The molecular formula is C42H51CrN2O4-. The molecule has 2 unspecified atom stereocenters. The van der Waals surface area contributed by atoms with E-state index in [9.17, 15) is 15.3 Å². The minimum atomic E-state index is -0.141. The molecule has 4 aromatic rings. The third-order valence-corrected chi connectivity index (χ3v) is 8.49. The van der Waals surface area contributed by atoms with Crippen LogP contribution in [0.5, 0.6) is 28.7 Å². The number of aromatic hydroxyl groups is 2. The fourth-order valence-electron chi connectivity index (χ4n) is 5.88. The summed E-state index contributed by atoms with van der Waals surface area (Å²) in [5, 5.41) is 32.6. The summed E-state index contributed by atoms with van der Waals surface area (Å²) in [5.41, 5.74) is 5.37. The van der Waals surface area contributed by atoms with Gasteiger partial charge in [0.25, 0.3) is 0 Å². The first-order valence-electron chi connectivity index (χ1n) is 16.9. The van der Waals surface area contributed by atoms with E-state index < -0.39 is 0 Å². The largest absolute Gasteiger partial charge is 0.872 e. The summed E-state index contributed by atoms with van der Waals surface area (Å²) in [5.74, 6) is 2.07. The second-order valence-electron chi connectivity index (χ2n) is 14.9. The van der Waals surface area contributed by atoms with E-state index in [1.807, 2.05) is 54.9 Å². The summed E-state index contributed by atoms with van der Waals surface area (Å²) >= 11 is 0. The van der Waals surface area contributed by atoms with Crippen LogP contribution in [0.25, 0.3) is 0 Å². The van der Waals surface area contributed by atoms with Crippen LogP contribution >= 0.6 is 0 Å². The molecule has 1 aliphatic rings. The SMILES string of the molecule is Cc1cc(C=NC2CCCCC2N=Cc2cc(C)cc(C(C)(C)C)c2O)c(O)c(C(C)(C)C)c1.[Cr].[O-]c1ccc(Oc2ccccc2)cc1. The van der Waals surface area contributed by atoms with Crippen molar-refractivity contribution in [3.63, 3.8) is 0 Å². The number of hydrogen-bond donors (Lipinski definition) is 2. The van der Waals surface area contributed by atoms with Crippen molar-refractivity contribution in [1.82, 2.24) is 0 Å². The van der Waals surface area contributed by atoms with E-state index in [0.717, 1.165) is 64.8 Å². The number of phenolic OH excluding ortho intramolecular Hbond substituents is 2. The fourth-order valence-corrected chi connectivity index (χ4v) is 5.88. The van der Waals surface area contributed by atoms with Crippen molar-refractivity contribution in [3.05, 3.63) is 112 Å². The van der Waals surface area contributed by atoms with E-state index in [1.165, 1.54) is 12.1 Å². The van der Waals surface area contributed by atoms with Gasteiger partial charge in [0.2, 0.25) is 0 Å². The van der Waals surface area contributed by atoms with Crippen molar-refractivity contribution in [3.8, 4) is 28.7 Å². The topological polar surface area (TPSA) is 97.5 Å². The monoisotopic (exact) mass is 699 g/mol. The van der Waals surface area contributed by atoms with Crippen LogP contribution in [0.15, 0.2) is 88.8 Å². The molecule has 1 aliphatic carbocycles. The van der Waals surface area contributed by atoms with Gasteiger partial charge in [-0.15, -0.1) is 5.75 Å². The Hall–Kier alpha value is -4.05. The van der Waals surface area contributed by atoms with Crippen molar-refractivity contribution in [2.24, 2.45) is 9.98 Å². The molecule has 0 spiro atoms. The quantitative estimate of drug-likeness (QED) is 0.196. The molecule has 0 radical (unpaired) electrons. The van der Waals surface area contributed by atoms with E-state index in [-0.39, 0.29) is 46.0 Å². The number of nitrogens with zero attached hydrogens (tertiary/aromatic N) is 2. The van der Waals surface area contributed by atoms with Gasteiger partial charge in [0.1, 0.15) is 23.0 Å². The molecule has 5 rings (SSSR count). The maximum atomic E-state index is 10.9. The molecule has 0 aliphatic heterocycles. The number of para-hydroxylation sites is 1. The fraction of sp³-hybridized carbons (Fsp3) is 0.381. The molecule has 0 bridgehead atoms. The van der Waals surface area contributed by atoms with Gasteiger partial charge in [-0.05, 0) is 85.0 Å².